The molecule has 1 atom stereocenters. The average molecular weight is 185 g/mol. The average Bonchev–Trinajstić information content (AvgIpc) is 1.82. The van der Waals surface area contributed by atoms with Crippen molar-refractivity contribution >= 4 is 0 Å². The number of hydrogen-bond donors (Lipinski definition) is 1. The molecule has 13 heavy (non-hydrogen) atoms. The Kier molecular flexibility index (Phi) is 4.44. The molecule has 0 aliphatic heterocycles. The molecule has 1 nitrogen and oxygen atoms in total. The Morgan fingerprint density at radius 2 is 1.46 bits per heavy atom. The van der Waals surface area contributed by atoms with E-state index in [-0.39, 0.29) is 0 Å². The van der Waals surface area contributed by atoms with Crippen LogP contribution in [-0.2, 0) is 0 Å². The zero-order chi connectivity index (χ0) is 10.7. The number of nitrogens with one attached hydrogen (secondary N) is 1. The third kappa shape index (κ3) is 7.06. The van der Waals surface area contributed by atoms with Crippen LogP contribution < -0.4 is 5.32 Å². The molecule has 0 saturated carbocycles. The van der Waals surface area contributed by atoms with Crippen LogP contribution in [0.3, 0.4) is 0 Å². The Morgan fingerprint density at radius 3 is 1.77 bits per heavy atom. The van der Waals surface area contributed by atoms with Gasteiger partial charge >= 0.3 is 0 Å². The summed E-state index contributed by atoms with van der Waals surface area (Å²) in [7, 11) is 0. The van der Waals surface area contributed by atoms with Crippen LogP contribution in [0.15, 0.2) is 0 Å². The molecule has 0 radical (unpaired) electrons. The van der Waals surface area contributed by atoms with Crippen molar-refractivity contribution in [3.8, 4) is 0 Å². The topological polar surface area (TPSA) is 12.0 Å². The highest BCUT2D eigenvalue weighted by Gasteiger charge is 2.20. The smallest absolute Gasteiger partial charge is 0.000000747 e. The SMILES string of the molecule is C[C@@H](CNCC(C)(C)C)C(C)(C)C. The maximum absolute atomic E-state index is 3.53. The van der Waals surface area contributed by atoms with Gasteiger partial charge in [0.05, 0.1) is 0 Å². The fourth-order valence-corrected chi connectivity index (χ4v) is 0.970. The molecule has 0 spiro atoms. The maximum atomic E-state index is 3.53. The van der Waals surface area contributed by atoms with Gasteiger partial charge in [0.2, 0.25) is 0 Å². The molecule has 0 aromatic carbocycles. The van der Waals surface area contributed by atoms with Crippen LogP contribution in [0.4, 0.5) is 0 Å². The summed E-state index contributed by atoms with van der Waals surface area (Å²) in [5.41, 5.74) is 0.822. The summed E-state index contributed by atoms with van der Waals surface area (Å²) in [5, 5.41) is 3.53. The van der Waals surface area contributed by atoms with Gasteiger partial charge in [-0.25, -0.2) is 0 Å². The van der Waals surface area contributed by atoms with Crippen LogP contribution in [0, 0.1) is 16.7 Å². The molecule has 0 heterocycles. The molecule has 80 valence electrons. The molecular formula is C12H27N. The maximum Gasteiger partial charge on any atom is -0.000000747 e. The van der Waals surface area contributed by atoms with Gasteiger partial charge in [0, 0.05) is 0 Å². The van der Waals surface area contributed by atoms with Gasteiger partial charge in [-0.2, -0.15) is 0 Å². The van der Waals surface area contributed by atoms with Crippen LogP contribution >= 0.6 is 0 Å². The molecule has 0 fully saturated rings. The quantitative estimate of drug-likeness (QED) is 0.711. The van der Waals surface area contributed by atoms with Crippen LogP contribution in [0.5, 0.6) is 0 Å². The lowest BCUT2D eigenvalue weighted by Gasteiger charge is -2.29. The molecular weight excluding hydrogens is 158 g/mol. The lowest BCUT2D eigenvalue weighted by Crippen LogP contribution is -2.34. The molecule has 0 aliphatic carbocycles. The van der Waals surface area contributed by atoms with E-state index >= 15 is 0 Å². The third-order valence-electron chi connectivity index (χ3n) is 2.58. The van der Waals surface area contributed by atoms with Crippen LogP contribution in [0.1, 0.15) is 48.5 Å². The summed E-state index contributed by atoms with van der Waals surface area (Å²) in [6.07, 6.45) is 0. The lowest BCUT2D eigenvalue weighted by atomic mass is 9.82. The zero-order valence-corrected chi connectivity index (χ0v) is 10.5. The first-order valence-corrected chi connectivity index (χ1v) is 5.33. The van der Waals surface area contributed by atoms with E-state index in [1.807, 2.05) is 0 Å². The molecule has 0 unspecified atom stereocenters. The molecule has 0 bridgehead atoms. The van der Waals surface area contributed by atoms with Gasteiger partial charge in [0.25, 0.3) is 0 Å². The fourth-order valence-electron chi connectivity index (χ4n) is 0.970. The second-order valence-corrected chi connectivity index (χ2v) is 6.46. The van der Waals surface area contributed by atoms with Crippen LogP contribution in [0.2, 0.25) is 0 Å². The molecule has 0 aromatic rings. The van der Waals surface area contributed by atoms with Crippen molar-refractivity contribution in [1.82, 2.24) is 5.32 Å². The van der Waals surface area contributed by atoms with E-state index in [4.69, 9.17) is 0 Å². The number of rotatable bonds is 3. The summed E-state index contributed by atoms with van der Waals surface area (Å²) in [6.45, 7) is 18.2. The van der Waals surface area contributed by atoms with Gasteiger partial charge in [-0.1, -0.05) is 48.5 Å². The van der Waals surface area contributed by atoms with E-state index in [1.165, 1.54) is 0 Å². The highest BCUT2D eigenvalue weighted by molar-refractivity contribution is 4.73. The lowest BCUT2D eigenvalue weighted by molar-refractivity contribution is 0.242. The first-order valence-electron chi connectivity index (χ1n) is 5.33. The Bertz CT molecular complexity index is 136. The Morgan fingerprint density at radius 1 is 1.00 bits per heavy atom. The van der Waals surface area contributed by atoms with Crippen molar-refractivity contribution in [2.75, 3.05) is 13.1 Å². The minimum Gasteiger partial charge on any atom is -0.316 e. The van der Waals surface area contributed by atoms with Gasteiger partial charge in [-0.15, -0.1) is 0 Å². The minimum absolute atomic E-state index is 0.400. The van der Waals surface area contributed by atoms with E-state index in [0.29, 0.717) is 10.8 Å². The highest BCUT2D eigenvalue weighted by atomic mass is 14.9. The van der Waals surface area contributed by atoms with E-state index in [1.54, 1.807) is 0 Å². The summed E-state index contributed by atoms with van der Waals surface area (Å²) >= 11 is 0. The largest absolute Gasteiger partial charge is 0.316 e. The van der Waals surface area contributed by atoms with Gasteiger partial charge in [0.15, 0.2) is 0 Å². The normalized spacial score (nSPS) is 15.9. The van der Waals surface area contributed by atoms with Gasteiger partial charge in [-0.05, 0) is 29.8 Å². The Hall–Kier alpha value is -0.0400. The summed E-state index contributed by atoms with van der Waals surface area (Å²) < 4.78 is 0. The molecule has 0 saturated heterocycles. The van der Waals surface area contributed by atoms with E-state index in [2.05, 4.69) is 53.8 Å². The Balaban J connectivity index is 3.67. The van der Waals surface area contributed by atoms with E-state index in [9.17, 15) is 0 Å². The second-order valence-electron chi connectivity index (χ2n) is 6.46. The first kappa shape index (κ1) is 13.0. The zero-order valence-electron chi connectivity index (χ0n) is 10.5. The standard InChI is InChI=1S/C12H27N/c1-10(12(5,6)7)8-13-9-11(2,3)4/h10,13H,8-9H2,1-7H3/t10-/m0/s1. The van der Waals surface area contributed by atoms with Gasteiger partial charge in [-0.3, -0.25) is 0 Å². The predicted molar refractivity (Wildman–Crippen MR) is 60.9 cm³/mol. The predicted octanol–water partition coefficient (Wildman–Crippen LogP) is 3.30. The molecule has 0 aliphatic rings. The van der Waals surface area contributed by atoms with Crippen molar-refractivity contribution in [3.05, 3.63) is 0 Å². The Labute approximate surface area is 84.3 Å². The van der Waals surface area contributed by atoms with Gasteiger partial charge < -0.3 is 5.32 Å². The fraction of sp³-hybridized carbons (Fsp3) is 1.00. The summed E-state index contributed by atoms with van der Waals surface area (Å²) in [4.78, 5) is 0. The summed E-state index contributed by atoms with van der Waals surface area (Å²) in [5.74, 6) is 0.731. The van der Waals surface area contributed by atoms with E-state index in [0.717, 1.165) is 19.0 Å². The third-order valence-corrected chi connectivity index (χ3v) is 2.58. The van der Waals surface area contributed by atoms with Crippen LogP contribution in [0.25, 0.3) is 0 Å². The highest BCUT2D eigenvalue weighted by Crippen LogP contribution is 2.24. The molecule has 0 rings (SSSR count). The monoisotopic (exact) mass is 185 g/mol. The number of hydrogen-bond acceptors (Lipinski definition) is 1. The molecule has 0 amide bonds. The van der Waals surface area contributed by atoms with Crippen molar-refractivity contribution in [2.45, 2.75) is 48.5 Å². The van der Waals surface area contributed by atoms with Crippen LogP contribution in [-0.4, -0.2) is 13.1 Å². The van der Waals surface area contributed by atoms with Crippen molar-refractivity contribution in [3.63, 3.8) is 0 Å². The minimum atomic E-state index is 0.400. The molecule has 1 heteroatoms. The second kappa shape index (κ2) is 4.45. The van der Waals surface area contributed by atoms with Crippen molar-refractivity contribution in [1.29, 1.82) is 0 Å². The molecule has 0 aromatic heterocycles. The van der Waals surface area contributed by atoms with Gasteiger partial charge in [0.1, 0.15) is 0 Å². The molecule has 1 N–H and O–H groups in total. The summed E-state index contributed by atoms with van der Waals surface area (Å²) in [6, 6.07) is 0. The van der Waals surface area contributed by atoms with Crippen molar-refractivity contribution < 1.29 is 0 Å². The van der Waals surface area contributed by atoms with E-state index < -0.39 is 0 Å². The van der Waals surface area contributed by atoms with Crippen molar-refractivity contribution in [2.24, 2.45) is 16.7 Å². The first-order chi connectivity index (χ1) is 5.63.